The summed E-state index contributed by atoms with van der Waals surface area (Å²) < 4.78 is 10.7. The summed E-state index contributed by atoms with van der Waals surface area (Å²) >= 11 is 0. The highest BCUT2D eigenvalue weighted by Gasteiger charge is 2.19. The number of carbonyl (C=O) groups is 2. The molecular formula is C25H38N6O5. The minimum Gasteiger partial charge on any atom is -0.496 e. The minimum absolute atomic E-state index is 0.0356. The summed E-state index contributed by atoms with van der Waals surface area (Å²) in [6, 6.07) is 4.94. The first kappa shape index (κ1) is 28.6. The van der Waals surface area contributed by atoms with E-state index in [9.17, 15) is 14.7 Å². The van der Waals surface area contributed by atoms with Crippen molar-refractivity contribution in [3.05, 3.63) is 40.6 Å². The van der Waals surface area contributed by atoms with E-state index >= 15 is 0 Å². The number of aliphatic hydroxyl groups excluding tert-OH is 1. The first-order valence-electron chi connectivity index (χ1n) is 11.9. The number of nitrogens with two attached hydrogens (primary N) is 1. The van der Waals surface area contributed by atoms with E-state index in [4.69, 9.17) is 15.2 Å². The minimum atomic E-state index is -0.629. The van der Waals surface area contributed by atoms with Gasteiger partial charge >= 0.3 is 6.09 Å². The van der Waals surface area contributed by atoms with Crippen molar-refractivity contribution in [3.8, 4) is 5.75 Å². The van der Waals surface area contributed by atoms with E-state index in [2.05, 4.69) is 25.9 Å². The molecule has 0 spiro atoms. The summed E-state index contributed by atoms with van der Waals surface area (Å²) in [5.74, 6) is 0.836. The largest absolute Gasteiger partial charge is 0.496 e. The number of aromatic nitrogens is 2. The number of amides is 2. The van der Waals surface area contributed by atoms with Gasteiger partial charge in [0.2, 0.25) is 5.95 Å². The number of anilines is 2. The number of nitrogens with one attached hydrogen (secondary N) is 3. The Kier molecular flexibility index (Phi) is 10.3. The highest BCUT2D eigenvalue weighted by atomic mass is 16.6. The maximum Gasteiger partial charge on any atom is 0.409 e. The Morgan fingerprint density at radius 1 is 1.19 bits per heavy atom. The van der Waals surface area contributed by atoms with Gasteiger partial charge in [0.25, 0.3) is 5.91 Å². The Hall–Kier alpha value is -3.60. The second kappa shape index (κ2) is 12.9. The molecule has 2 rings (SSSR count). The number of aliphatic hydroxyl groups is 1. The summed E-state index contributed by atoms with van der Waals surface area (Å²) in [4.78, 5) is 33.0. The van der Waals surface area contributed by atoms with Gasteiger partial charge in [-0.05, 0) is 51.8 Å². The fourth-order valence-electron chi connectivity index (χ4n) is 3.53. The predicted octanol–water partition coefficient (Wildman–Crippen LogP) is 2.75. The molecule has 36 heavy (non-hydrogen) atoms. The van der Waals surface area contributed by atoms with E-state index in [0.717, 1.165) is 24.0 Å². The second-order valence-electron chi connectivity index (χ2n) is 9.37. The topological polar surface area (TPSA) is 161 Å². The van der Waals surface area contributed by atoms with Gasteiger partial charge in [-0.15, -0.1) is 0 Å². The molecule has 0 radical (unpaired) electrons. The Balaban J connectivity index is 2.18. The molecule has 1 aromatic heterocycles. The van der Waals surface area contributed by atoms with Gasteiger partial charge in [-0.1, -0.05) is 19.4 Å². The maximum atomic E-state index is 12.6. The number of aryl methyl sites for hydroxylation is 1. The SMILES string of the molecule is CCC[C@@H](CO)Nc1nc(N)nc(C)c1Cc1ccc(C(=O)NCNC(=O)OC(C)(C)C)cc1OC. The fraction of sp³-hybridized carbons (Fsp3) is 0.520. The van der Waals surface area contributed by atoms with Crippen LogP contribution in [-0.2, 0) is 11.2 Å². The zero-order valence-corrected chi connectivity index (χ0v) is 21.9. The van der Waals surface area contributed by atoms with Gasteiger partial charge in [-0.2, -0.15) is 4.98 Å². The van der Waals surface area contributed by atoms with E-state index < -0.39 is 11.7 Å². The highest BCUT2D eigenvalue weighted by molar-refractivity contribution is 5.94. The van der Waals surface area contributed by atoms with E-state index in [1.807, 2.05) is 13.8 Å². The molecule has 0 saturated carbocycles. The summed E-state index contributed by atoms with van der Waals surface area (Å²) in [5.41, 5.74) is 7.96. The van der Waals surface area contributed by atoms with Gasteiger partial charge < -0.3 is 36.3 Å². The summed E-state index contributed by atoms with van der Waals surface area (Å²) in [6.45, 7) is 9.04. The zero-order valence-electron chi connectivity index (χ0n) is 21.9. The molecule has 0 bridgehead atoms. The van der Waals surface area contributed by atoms with Gasteiger partial charge in [-0.25, -0.2) is 9.78 Å². The monoisotopic (exact) mass is 502 g/mol. The Morgan fingerprint density at radius 3 is 2.53 bits per heavy atom. The normalized spacial score (nSPS) is 12.0. The van der Waals surface area contributed by atoms with Crippen LogP contribution in [0.25, 0.3) is 0 Å². The van der Waals surface area contributed by atoms with Crippen molar-refractivity contribution in [3.63, 3.8) is 0 Å². The van der Waals surface area contributed by atoms with Crippen LogP contribution in [0.1, 0.15) is 67.7 Å². The lowest BCUT2D eigenvalue weighted by Gasteiger charge is -2.20. The van der Waals surface area contributed by atoms with E-state index in [0.29, 0.717) is 29.2 Å². The summed E-state index contributed by atoms with van der Waals surface area (Å²) in [7, 11) is 1.53. The van der Waals surface area contributed by atoms with Crippen LogP contribution in [0.3, 0.4) is 0 Å². The van der Waals surface area contributed by atoms with Crippen molar-refractivity contribution in [1.29, 1.82) is 0 Å². The van der Waals surface area contributed by atoms with Crippen LogP contribution in [0.2, 0.25) is 0 Å². The van der Waals surface area contributed by atoms with Crippen molar-refractivity contribution in [2.75, 3.05) is 31.4 Å². The number of benzene rings is 1. The molecule has 0 unspecified atom stereocenters. The average Bonchev–Trinajstić information content (AvgIpc) is 2.79. The third-order valence-corrected chi connectivity index (χ3v) is 5.23. The van der Waals surface area contributed by atoms with Crippen molar-refractivity contribution >= 4 is 23.8 Å². The van der Waals surface area contributed by atoms with Crippen LogP contribution in [0.4, 0.5) is 16.6 Å². The van der Waals surface area contributed by atoms with Crippen molar-refractivity contribution in [2.45, 2.75) is 65.5 Å². The Bertz CT molecular complexity index is 1050. The standard InChI is InChI=1S/C25H38N6O5/c1-7-8-18(13-32)30-21-19(15(2)29-23(26)31-21)11-16-9-10-17(12-20(16)35-6)22(33)27-14-28-24(34)36-25(3,4)5/h9-10,12,18,32H,7-8,11,13-14H2,1-6H3,(H,27,33)(H,28,34)(H3,26,29,30,31)/t18-/m0/s1. The van der Waals surface area contributed by atoms with Gasteiger partial charge in [0, 0.05) is 23.2 Å². The highest BCUT2D eigenvalue weighted by Crippen LogP contribution is 2.28. The van der Waals surface area contributed by atoms with E-state index in [1.54, 1.807) is 39.0 Å². The molecule has 0 saturated heterocycles. The third-order valence-electron chi connectivity index (χ3n) is 5.23. The quantitative estimate of drug-likeness (QED) is 0.291. The van der Waals surface area contributed by atoms with Crippen LogP contribution in [0.15, 0.2) is 18.2 Å². The maximum absolute atomic E-state index is 12.6. The van der Waals surface area contributed by atoms with Crippen LogP contribution in [0, 0.1) is 6.92 Å². The second-order valence-corrected chi connectivity index (χ2v) is 9.37. The molecule has 0 fully saturated rings. The zero-order chi connectivity index (χ0) is 26.9. The number of methoxy groups -OCH3 is 1. The van der Waals surface area contributed by atoms with E-state index in [-0.39, 0.29) is 31.2 Å². The molecule has 1 aromatic carbocycles. The molecule has 6 N–H and O–H groups in total. The fourth-order valence-corrected chi connectivity index (χ4v) is 3.53. The van der Waals surface area contributed by atoms with Crippen molar-refractivity contribution in [2.24, 2.45) is 0 Å². The van der Waals surface area contributed by atoms with Crippen LogP contribution in [-0.4, -0.2) is 59.1 Å². The first-order chi connectivity index (χ1) is 17.0. The number of nitrogen functional groups attached to an aromatic ring is 1. The van der Waals surface area contributed by atoms with Gasteiger partial charge in [-0.3, -0.25) is 4.79 Å². The summed E-state index contributed by atoms with van der Waals surface area (Å²) in [5, 5.41) is 18.1. The number of ether oxygens (including phenoxy) is 2. The number of carbonyl (C=O) groups excluding carboxylic acids is 2. The Labute approximate surface area is 212 Å². The number of rotatable bonds is 11. The Morgan fingerprint density at radius 2 is 1.92 bits per heavy atom. The van der Waals surface area contributed by atoms with Gasteiger partial charge in [0.1, 0.15) is 17.2 Å². The number of alkyl carbamates (subject to hydrolysis) is 1. The molecule has 11 nitrogen and oxygen atoms in total. The molecule has 11 heteroatoms. The molecule has 2 amide bonds. The lowest BCUT2D eigenvalue weighted by molar-refractivity contribution is 0.0523. The van der Waals surface area contributed by atoms with Crippen LogP contribution >= 0.6 is 0 Å². The number of nitrogens with zero attached hydrogens (tertiary/aromatic N) is 2. The molecule has 1 atom stereocenters. The smallest absolute Gasteiger partial charge is 0.409 e. The molecule has 1 heterocycles. The van der Waals surface area contributed by atoms with Crippen LogP contribution in [0.5, 0.6) is 5.75 Å². The lowest BCUT2D eigenvalue weighted by atomic mass is 10.0. The average molecular weight is 503 g/mol. The van der Waals surface area contributed by atoms with Crippen molar-refractivity contribution < 1.29 is 24.2 Å². The number of hydrogen-bond donors (Lipinski definition) is 5. The lowest BCUT2D eigenvalue weighted by Crippen LogP contribution is -2.40. The molecule has 198 valence electrons. The molecule has 0 aliphatic carbocycles. The van der Waals surface area contributed by atoms with Gasteiger partial charge in [0.15, 0.2) is 0 Å². The summed E-state index contributed by atoms with van der Waals surface area (Å²) in [6.07, 6.45) is 1.47. The van der Waals surface area contributed by atoms with Gasteiger partial charge in [0.05, 0.1) is 26.4 Å². The predicted molar refractivity (Wildman–Crippen MR) is 138 cm³/mol. The third kappa shape index (κ3) is 8.56. The number of hydrogen-bond acceptors (Lipinski definition) is 9. The molecule has 0 aliphatic heterocycles. The molecule has 0 aliphatic rings. The molecule has 2 aromatic rings. The van der Waals surface area contributed by atoms with Crippen LogP contribution < -0.4 is 26.4 Å². The van der Waals surface area contributed by atoms with Crippen molar-refractivity contribution in [1.82, 2.24) is 20.6 Å². The molecular weight excluding hydrogens is 464 g/mol. The first-order valence-corrected chi connectivity index (χ1v) is 11.9. The van der Waals surface area contributed by atoms with E-state index in [1.165, 1.54) is 7.11 Å².